The van der Waals surface area contributed by atoms with Crippen LogP contribution in [0.5, 0.6) is 5.88 Å². The average Bonchev–Trinajstić information content (AvgIpc) is 3.30. The second-order valence-electron chi connectivity index (χ2n) is 6.87. The molecule has 0 unspecified atom stereocenters. The van der Waals surface area contributed by atoms with E-state index in [0.717, 1.165) is 24.0 Å². The topological polar surface area (TPSA) is 66.4 Å². The van der Waals surface area contributed by atoms with Crippen LogP contribution in [0.3, 0.4) is 0 Å². The number of benzene rings is 2. The van der Waals surface area contributed by atoms with Crippen LogP contribution in [0.15, 0.2) is 58.8 Å². The molecule has 0 bridgehead atoms. The minimum absolute atomic E-state index is 0.0916. The van der Waals surface area contributed by atoms with E-state index in [2.05, 4.69) is 15.5 Å². The van der Waals surface area contributed by atoms with E-state index in [1.807, 2.05) is 28.8 Å². The summed E-state index contributed by atoms with van der Waals surface area (Å²) < 4.78 is 14.9. The maximum absolute atomic E-state index is 13.0. The molecule has 2 aromatic carbocycles. The van der Waals surface area contributed by atoms with Crippen molar-refractivity contribution >= 4 is 39.6 Å². The van der Waals surface area contributed by atoms with Gasteiger partial charge in [-0.25, -0.2) is 4.39 Å². The number of anilines is 1. The average molecular weight is 398 g/mol. The molecule has 8 heteroatoms. The molecule has 1 fully saturated rings. The van der Waals surface area contributed by atoms with Crippen molar-refractivity contribution in [1.82, 2.24) is 4.57 Å². The lowest BCUT2D eigenvalue weighted by molar-refractivity contribution is -0.910. The molecule has 4 rings (SSSR count). The van der Waals surface area contributed by atoms with Crippen LogP contribution < -0.4 is 10.2 Å². The fourth-order valence-electron chi connectivity index (χ4n) is 3.56. The van der Waals surface area contributed by atoms with Gasteiger partial charge in [0.15, 0.2) is 12.4 Å². The molecule has 0 radical (unpaired) electrons. The highest BCUT2D eigenvalue weighted by molar-refractivity contribution is 7.80. The fraction of sp³-hybridized carbons (Fsp3) is 0.250. The van der Waals surface area contributed by atoms with Crippen molar-refractivity contribution in [3.63, 3.8) is 0 Å². The largest absolute Gasteiger partial charge is 0.493 e. The summed E-state index contributed by atoms with van der Waals surface area (Å²) in [6.07, 6.45) is 2.43. The van der Waals surface area contributed by atoms with Gasteiger partial charge in [-0.2, -0.15) is 0 Å². The normalized spacial score (nSPS) is 14.9. The molecule has 144 valence electrons. The van der Waals surface area contributed by atoms with Crippen LogP contribution in [0.4, 0.5) is 15.8 Å². The van der Waals surface area contributed by atoms with E-state index in [9.17, 15) is 9.50 Å². The molecule has 6 nitrogen and oxygen atoms in total. The smallest absolute Gasteiger partial charge is 0.225 e. The molecule has 1 saturated heterocycles. The van der Waals surface area contributed by atoms with Crippen molar-refractivity contribution < 1.29 is 14.4 Å². The molecular formula is C20H21FN5OS+. The van der Waals surface area contributed by atoms with Gasteiger partial charge in [0.2, 0.25) is 11.0 Å². The Kier molecular flexibility index (Phi) is 5.31. The van der Waals surface area contributed by atoms with E-state index in [-0.39, 0.29) is 16.8 Å². The van der Waals surface area contributed by atoms with Crippen molar-refractivity contribution in [2.45, 2.75) is 19.5 Å². The number of nitrogens with zero attached hydrogens (tertiary/aromatic N) is 3. The van der Waals surface area contributed by atoms with Crippen molar-refractivity contribution in [1.29, 1.82) is 0 Å². The number of likely N-dealkylation sites (tertiary alicyclic amines) is 1. The van der Waals surface area contributed by atoms with Gasteiger partial charge in [0, 0.05) is 23.9 Å². The number of fused-ring (bicyclic) bond motifs is 1. The van der Waals surface area contributed by atoms with Gasteiger partial charge in [-0.1, -0.05) is 18.2 Å². The number of quaternary nitrogens is 1. The van der Waals surface area contributed by atoms with Crippen molar-refractivity contribution in [2.75, 3.05) is 18.4 Å². The Bertz CT molecular complexity index is 1030. The maximum atomic E-state index is 13.0. The van der Waals surface area contributed by atoms with E-state index < -0.39 is 0 Å². The van der Waals surface area contributed by atoms with Crippen molar-refractivity contribution in [3.05, 3.63) is 54.3 Å². The lowest BCUT2D eigenvalue weighted by atomic mass is 10.2. The van der Waals surface area contributed by atoms with Gasteiger partial charge in [-0.05, 0) is 42.5 Å². The van der Waals surface area contributed by atoms with Gasteiger partial charge in [0.05, 0.1) is 18.6 Å². The Labute approximate surface area is 167 Å². The number of nitrogens with one attached hydrogen (secondary N) is 2. The van der Waals surface area contributed by atoms with Crippen LogP contribution in [-0.2, 0) is 6.67 Å². The first-order chi connectivity index (χ1) is 13.6. The summed E-state index contributed by atoms with van der Waals surface area (Å²) in [4.78, 5) is 1.44. The first-order valence-corrected chi connectivity index (χ1v) is 9.64. The number of aromatic nitrogens is 1. The predicted molar refractivity (Wildman–Crippen MR) is 111 cm³/mol. The van der Waals surface area contributed by atoms with E-state index in [1.54, 1.807) is 12.1 Å². The molecule has 1 aromatic heterocycles. The van der Waals surface area contributed by atoms with Crippen LogP contribution in [0.25, 0.3) is 10.9 Å². The zero-order chi connectivity index (χ0) is 19.5. The number of hydrogen-bond donors (Lipinski definition) is 3. The van der Waals surface area contributed by atoms with Gasteiger partial charge in [0.25, 0.3) is 0 Å². The molecule has 1 aliphatic rings. The molecule has 2 heterocycles. The Hall–Kier alpha value is -2.84. The number of thiocarbonyl (C=S) groups is 1. The number of halogens is 1. The van der Waals surface area contributed by atoms with Gasteiger partial charge < -0.3 is 15.3 Å². The first kappa shape index (κ1) is 18.5. The van der Waals surface area contributed by atoms with Gasteiger partial charge in [-0.15, -0.1) is 10.2 Å². The van der Waals surface area contributed by atoms with Crippen molar-refractivity contribution in [2.24, 2.45) is 10.2 Å². The second-order valence-corrected chi connectivity index (χ2v) is 7.26. The predicted octanol–water partition coefficient (Wildman–Crippen LogP) is 3.60. The molecular weight excluding hydrogens is 377 g/mol. The zero-order valence-electron chi connectivity index (χ0n) is 15.2. The van der Waals surface area contributed by atoms with Crippen LogP contribution in [0.2, 0.25) is 0 Å². The van der Waals surface area contributed by atoms with Gasteiger partial charge in [0.1, 0.15) is 5.82 Å². The minimum Gasteiger partial charge on any atom is -0.493 e. The van der Waals surface area contributed by atoms with Crippen LogP contribution in [-0.4, -0.2) is 27.9 Å². The van der Waals surface area contributed by atoms with E-state index in [1.165, 1.54) is 29.9 Å². The third-order valence-corrected chi connectivity index (χ3v) is 5.13. The summed E-state index contributed by atoms with van der Waals surface area (Å²) in [5, 5.41) is 22.9. The quantitative estimate of drug-likeness (QED) is 0.465. The number of rotatable bonds is 4. The van der Waals surface area contributed by atoms with Gasteiger partial charge in [-0.3, -0.25) is 4.57 Å². The second kappa shape index (κ2) is 8.04. The molecule has 28 heavy (non-hydrogen) atoms. The molecule has 0 saturated carbocycles. The van der Waals surface area contributed by atoms with E-state index in [4.69, 9.17) is 12.2 Å². The summed E-state index contributed by atoms with van der Waals surface area (Å²) >= 11 is 5.20. The minimum atomic E-state index is -0.323. The van der Waals surface area contributed by atoms with Gasteiger partial charge >= 0.3 is 0 Å². The Balaban J connectivity index is 1.59. The van der Waals surface area contributed by atoms with Crippen LogP contribution in [0, 0.1) is 5.82 Å². The lowest BCUT2D eigenvalue weighted by Gasteiger charge is -2.14. The molecule has 3 N–H and O–H groups in total. The fourth-order valence-corrected chi connectivity index (χ4v) is 3.72. The van der Waals surface area contributed by atoms with E-state index in [0.29, 0.717) is 18.0 Å². The number of aromatic hydroxyl groups is 1. The summed E-state index contributed by atoms with van der Waals surface area (Å²) in [5.41, 5.74) is 1.94. The van der Waals surface area contributed by atoms with Crippen molar-refractivity contribution in [3.8, 4) is 5.88 Å². The molecule has 1 aliphatic heterocycles. The molecule has 0 aliphatic carbocycles. The Morgan fingerprint density at radius 3 is 2.61 bits per heavy atom. The molecule has 0 atom stereocenters. The van der Waals surface area contributed by atoms with E-state index >= 15 is 0 Å². The number of para-hydroxylation sites is 1. The first-order valence-electron chi connectivity index (χ1n) is 9.24. The number of hydrogen-bond acceptors (Lipinski definition) is 3. The maximum Gasteiger partial charge on any atom is 0.225 e. The highest BCUT2D eigenvalue weighted by Crippen LogP contribution is 2.38. The summed E-state index contributed by atoms with van der Waals surface area (Å²) in [5.74, 6) is -0.232. The standard InChI is InChI=1S/C20H20FN5OS/c21-14-7-9-15(10-8-14)22-20(28)24-23-18-16-5-1-2-6-17(16)26(19(18)27)13-25-11-3-4-12-25/h1-2,5-10,27H,3-4,11-13H2,(H,22,28)/p+1. The third-order valence-electron chi connectivity index (χ3n) is 4.95. The summed E-state index contributed by atoms with van der Waals surface area (Å²) in [7, 11) is 0. The third kappa shape index (κ3) is 3.88. The molecule has 3 aromatic rings. The molecule has 0 spiro atoms. The Morgan fingerprint density at radius 1 is 1.14 bits per heavy atom. The SMILES string of the molecule is Oc1c(N=NC(=S)Nc2ccc(F)cc2)c2ccccc2n1C[NH+]1CCCC1. The summed E-state index contributed by atoms with van der Waals surface area (Å²) in [6.45, 7) is 2.91. The van der Waals surface area contributed by atoms with Crippen LogP contribution >= 0.6 is 12.2 Å². The molecule has 0 amide bonds. The zero-order valence-corrected chi connectivity index (χ0v) is 16.0. The van der Waals surface area contributed by atoms with Crippen LogP contribution in [0.1, 0.15) is 12.8 Å². The lowest BCUT2D eigenvalue weighted by Crippen LogP contribution is -3.09. The highest BCUT2D eigenvalue weighted by Gasteiger charge is 2.22. The number of azo groups is 1. The summed E-state index contributed by atoms with van der Waals surface area (Å²) in [6, 6.07) is 13.5. The Morgan fingerprint density at radius 2 is 1.86 bits per heavy atom. The monoisotopic (exact) mass is 398 g/mol. The highest BCUT2D eigenvalue weighted by atomic mass is 32.1.